The SMILES string of the molecule is O=C1CC(CO)CN1c1cc(Br)c[nH]c1=O. The molecule has 1 aliphatic heterocycles. The molecule has 0 radical (unpaired) electrons. The monoisotopic (exact) mass is 286 g/mol. The topological polar surface area (TPSA) is 73.4 Å². The molecule has 2 heterocycles. The van der Waals surface area contributed by atoms with E-state index in [2.05, 4.69) is 20.9 Å². The average molecular weight is 287 g/mol. The molecule has 16 heavy (non-hydrogen) atoms. The van der Waals surface area contributed by atoms with E-state index in [1.165, 1.54) is 11.1 Å². The Labute approximate surface area is 100 Å². The van der Waals surface area contributed by atoms with Gasteiger partial charge in [-0.25, -0.2) is 0 Å². The van der Waals surface area contributed by atoms with Crippen LogP contribution in [-0.4, -0.2) is 29.1 Å². The van der Waals surface area contributed by atoms with Gasteiger partial charge in [-0.3, -0.25) is 9.59 Å². The van der Waals surface area contributed by atoms with Crippen LogP contribution < -0.4 is 10.5 Å². The van der Waals surface area contributed by atoms with Gasteiger partial charge in [-0.2, -0.15) is 0 Å². The van der Waals surface area contributed by atoms with Gasteiger partial charge in [0.25, 0.3) is 5.56 Å². The third-order valence-electron chi connectivity index (χ3n) is 2.60. The van der Waals surface area contributed by atoms with Crippen LogP contribution in [0.4, 0.5) is 5.69 Å². The molecule has 5 nitrogen and oxygen atoms in total. The summed E-state index contributed by atoms with van der Waals surface area (Å²) in [5.74, 6) is -0.200. The van der Waals surface area contributed by atoms with Gasteiger partial charge in [0.2, 0.25) is 5.91 Å². The molecule has 6 heteroatoms. The van der Waals surface area contributed by atoms with E-state index in [4.69, 9.17) is 5.11 Å². The number of carbonyl (C=O) groups is 1. The minimum Gasteiger partial charge on any atom is -0.396 e. The van der Waals surface area contributed by atoms with Gasteiger partial charge >= 0.3 is 0 Å². The first-order valence-electron chi connectivity index (χ1n) is 4.91. The summed E-state index contributed by atoms with van der Waals surface area (Å²) in [6.07, 6.45) is 1.82. The fourth-order valence-electron chi connectivity index (χ4n) is 1.78. The molecule has 1 fully saturated rings. The van der Waals surface area contributed by atoms with Crippen LogP contribution in [0.5, 0.6) is 0 Å². The summed E-state index contributed by atoms with van der Waals surface area (Å²) in [5.41, 5.74) is 0.0328. The normalized spacial score (nSPS) is 20.5. The second-order valence-corrected chi connectivity index (χ2v) is 4.71. The molecule has 1 atom stereocenters. The summed E-state index contributed by atoms with van der Waals surface area (Å²) in [5, 5.41) is 9.00. The number of hydrogen-bond donors (Lipinski definition) is 2. The number of aliphatic hydroxyl groups excluding tert-OH is 1. The first-order chi connectivity index (χ1) is 7.61. The Hall–Kier alpha value is -1.14. The van der Waals surface area contributed by atoms with E-state index in [9.17, 15) is 9.59 Å². The van der Waals surface area contributed by atoms with Gasteiger partial charge < -0.3 is 15.0 Å². The van der Waals surface area contributed by atoms with Gasteiger partial charge in [-0.15, -0.1) is 0 Å². The lowest BCUT2D eigenvalue weighted by molar-refractivity contribution is -0.117. The van der Waals surface area contributed by atoms with Crippen LogP contribution in [0.15, 0.2) is 21.5 Å². The maximum absolute atomic E-state index is 11.7. The molecule has 1 saturated heterocycles. The summed E-state index contributed by atoms with van der Waals surface area (Å²) in [7, 11) is 0. The number of anilines is 1. The molecule has 1 unspecified atom stereocenters. The number of H-pyrrole nitrogens is 1. The molecule has 2 N–H and O–H groups in total. The van der Waals surface area contributed by atoms with Gasteiger partial charge in [-0.1, -0.05) is 0 Å². The third-order valence-corrected chi connectivity index (χ3v) is 3.06. The first kappa shape index (κ1) is 11.3. The molecule has 1 aromatic rings. The highest BCUT2D eigenvalue weighted by atomic mass is 79.9. The Morgan fingerprint density at radius 3 is 2.94 bits per heavy atom. The zero-order valence-corrected chi connectivity index (χ0v) is 10.0. The molecule has 0 aliphatic carbocycles. The van der Waals surface area contributed by atoms with Crippen molar-refractivity contribution in [3.05, 3.63) is 27.1 Å². The smallest absolute Gasteiger partial charge is 0.271 e. The van der Waals surface area contributed by atoms with Gasteiger partial charge in [-0.05, 0) is 22.0 Å². The predicted octanol–water partition coefficient (Wildman–Crippen LogP) is 0.483. The van der Waals surface area contributed by atoms with Crippen LogP contribution in [0, 0.1) is 5.92 Å². The molecule has 0 bridgehead atoms. The standard InChI is InChI=1S/C10H11BrN2O3/c11-7-2-8(10(16)12-3-7)13-4-6(5-14)1-9(13)15/h2-3,6,14H,1,4-5H2,(H,12,16). The molecule has 1 aliphatic rings. The fourth-order valence-corrected chi connectivity index (χ4v) is 2.11. The van der Waals surface area contributed by atoms with E-state index in [-0.39, 0.29) is 24.0 Å². The van der Waals surface area contributed by atoms with Crippen LogP contribution in [0.25, 0.3) is 0 Å². The molecular weight excluding hydrogens is 276 g/mol. The average Bonchev–Trinajstić information content (AvgIpc) is 2.63. The van der Waals surface area contributed by atoms with Crippen molar-refractivity contribution in [2.24, 2.45) is 5.92 Å². The van der Waals surface area contributed by atoms with Crippen molar-refractivity contribution in [3.8, 4) is 0 Å². The maximum Gasteiger partial charge on any atom is 0.271 e. The van der Waals surface area contributed by atoms with Crippen molar-refractivity contribution in [2.75, 3.05) is 18.1 Å². The quantitative estimate of drug-likeness (QED) is 0.831. The Morgan fingerprint density at radius 1 is 1.56 bits per heavy atom. The summed E-state index contributed by atoms with van der Waals surface area (Å²) < 4.78 is 0.711. The maximum atomic E-state index is 11.7. The molecular formula is C10H11BrN2O3. The summed E-state index contributed by atoms with van der Waals surface area (Å²) >= 11 is 3.24. The Balaban J connectivity index is 2.34. The highest BCUT2D eigenvalue weighted by Crippen LogP contribution is 2.23. The van der Waals surface area contributed by atoms with Crippen LogP contribution >= 0.6 is 15.9 Å². The van der Waals surface area contributed by atoms with E-state index in [1.54, 1.807) is 6.07 Å². The molecule has 1 aromatic heterocycles. The number of aromatic amines is 1. The Bertz CT molecular complexity index is 471. The number of pyridine rings is 1. The number of amides is 1. The molecule has 86 valence electrons. The second-order valence-electron chi connectivity index (χ2n) is 3.79. The summed E-state index contributed by atoms with van der Waals surface area (Å²) in [6.45, 7) is 0.364. The zero-order valence-electron chi connectivity index (χ0n) is 8.44. The van der Waals surface area contributed by atoms with Crippen LogP contribution in [0.2, 0.25) is 0 Å². The van der Waals surface area contributed by atoms with Crippen molar-refractivity contribution < 1.29 is 9.90 Å². The van der Waals surface area contributed by atoms with Crippen molar-refractivity contribution in [3.63, 3.8) is 0 Å². The van der Waals surface area contributed by atoms with E-state index in [0.29, 0.717) is 23.1 Å². The number of rotatable bonds is 2. The molecule has 2 rings (SSSR count). The number of hydrogen-bond acceptors (Lipinski definition) is 3. The lowest BCUT2D eigenvalue weighted by Crippen LogP contribution is -2.30. The lowest BCUT2D eigenvalue weighted by Gasteiger charge is -2.15. The van der Waals surface area contributed by atoms with Crippen molar-refractivity contribution in [1.29, 1.82) is 0 Å². The fraction of sp³-hybridized carbons (Fsp3) is 0.400. The van der Waals surface area contributed by atoms with Crippen LogP contribution in [-0.2, 0) is 4.79 Å². The summed E-state index contributed by atoms with van der Waals surface area (Å²) in [6, 6.07) is 1.61. The number of aromatic nitrogens is 1. The minimum atomic E-state index is -0.296. The molecule has 1 amide bonds. The van der Waals surface area contributed by atoms with Crippen LogP contribution in [0.3, 0.4) is 0 Å². The summed E-state index contributed by atoms with van der Waals surface area (Å²) in [4.78, 5) is 27.2. The van der Waals surface area contributed by atoms with E-state index in [1.807, 2.05) is 0 Å². The van der Waals surface area contributed by atoms with Crippen LogP contribution in [0.1, 0.15) is 6.42 Å². The highest BCUT2D eigenvalue weighted by Gasteiger charge is 2.31. The number of nitrogens with one attached hydrogen (secondary N) is 1. The molecule has 0 aromatic carbocycles. The molecule has 0 saturated carbocycles. The van der Waals surface area contributed by atoms with Gasteiger partial charge in [0.05, 0.1) is 0 Å². The van der Waals surface area contributed by atoms with Gasteiger partial charge in [0, 0.05) is 36.2 Å². The van der Waals surface area contributed by atoms with Crippen molar-refractivity contribution in [2.45, 2.75) is 6.42 Å². The Kier molecular flexibility index (Phi) is 3.11. The lowest BCUT2D eigenvalue weighted by atomic mass is 10.1. The van der Waals surface area contributed by atoms with Crippen molar-refractivity contribution >= 4 is 27.5 Å². The number of nitrogens with zero attached hydrogens (tertiary/aromatic N) is 1. The zero-order chi connectivity index (χ0) is 11.7. The third kappa shape index (κ3) is 2.03. The van der Waals surface area contributed by atoms with E-state index in [0.717, 1.165) is 0 Å². The molecule has 0 spiro atoms. The minimum absolute atomic E-state index is 0.0336. The van der Waals surface area contributed by atoms with Crippen molar-refractivity contribution in [1.82, 2.24) is 4.98 Å². The van der Waals surface area contributed by atoms with E-state index < -0.39 is 0 Å². The number of halogens is 1. The van der Waals surface area contributed by atoms with Gasteiger partial charge in [0.1, 0.15) is 5.69 Å². The van der Waals surface area contributed by atoms with Gasteiger partial charge in [0.15, 0.2) is 0 Å². The largest absolute Gasteiger partial charge is 0.396 e. The first-order valence-corrected chi connectivity index (χ1v) is 5.70. The predicted molar refractivity (Wildman–Crippen MR) is 62.3 cm³/mol. The number of aliphatic hydroxyl groups is 1. The highest BCUT2D eigenvalue weighted by molar-refractivity contribution is 9.10. The number of carbonyl (C=O) groups excluding carboxylic acids is 1. The Morgan fingerprint density at radius 2 is 2.31 bits per heavy atom. The second kappa shape index (κ2) is 4.39. The van der Waals surface area contributed by atoms with E-state index >= 15 is 0 Å².